The topological polar surface area (TPSA) is 53.4 Å². The largest absolute Gasteiger partial charge is 0.481 e. The zero-order valence-corrected chi connectivity index (χ0v) is 12.9. The molecule has 110 valence electrons. The van der Waals surface area contributed by atoms with Gasteiger partial charge in [-0.25, -0.2) is 4.98 Å². The summed E-state index contributed by atoms with van der Waals surface area (Å²) in [7, 11) is 0. The number of anilines is 1. The summed E-state index contributed by atoms with van der Waals surface area (Å²) in [6, 6.07) is 9.51. The maximum absolute atomic E-state index is 11.9. The summed E-state index contributed by atoms with van der Waals surface area (Å²) in [5.74, 6) is -0.745. The van der Waals surface area contributed by atoms with Crippen LogP contribution in [0.3, 0.4) is 0 Å². The number of rotatable bonds is 3. The van der Waals surface area contributed by atoms with Crippen molar-refractivity contribution in [2.75, 3.05) is 18.0 Å². The molecule has 21 heavy (non-hydrogen) atoms. The van der Waals surface area contributed by atoms with Crippen LogP contribution in [0, 0.1) is 0 Å². The third-order valence-electron chi connectivity index (χ3n) is 4.09. The van der Waals surface area contributed by atoms with E-state index < -0.39 is 11.4 Å². The number of benzene rings is 1. The first-order chi connectivity index (χ1) is 10.1. The standard InChI is InChI=1S/C15H15ClN2O2S/c16-12-10-21-14(17-12)18-8-6-15(7-9-18,13(19)20)11-4-2-1-3-5-11/h1-5,10H,6-9H2,(H,19,20). The SMILES string of the molecule is O=C(O)C1(c2ccccc2)CCN(c2nc(Cl)cs2)CC1. The minimum Gasteiger partial charge on any atom is -0.481 e. The van der Waals surface area contributed by atoms with Crippen LogP contribution in [-0.4, -0.2) is 29.1 Å². The number of carboxylic acids is 1. The average molecular weight is 323 g/mol. The molecule has 1 saturated heterocycles. The molecule has 1 aromatic carbocycles. The van der Waals surface area contributed by atoms with Crippen molar-refractivity contribution in [3.8, 4) is 0 Å². The van der Waals surface area contributed by atoms with Crippen LogP contribution < -0.4 is 4.90 Å². The Morgan fingerprint density at radius 2 is 1.95 bits per heavy atom. The number of hydrogen-bond donors (Lipinski definition) is 1. The zero-order chi connectivity index (χ0) is 14.9. The van der Waals surface area contributed by atoms with Crippen molar-refractivity contribution in [2.24, 2.45) is 0 Å². The highest BCUT2D eigenvalue weighted by Crippen LogP contribution is 2.38. The van der Waals surface area contributed by atoms with Crippen LogP contribution >= 0.6 is 22.9 Å². The number of carboxylic acid groups (broad SMARTS) is 1. The van der Waals surface area contributed by atoms with Gasteiger partial charge in [0, 0.05) is 18.5 Å². The van der Waals surface area contributed by atoms with Crippen LogP contribution in [0.4, 0.5) is 5.13 Å². The Bertz CT molecular complexity index is 636. The highest BCUT2D eigenvalue weighted by molar-refractivity contribution is 7.14. The second-order valence-electron chi connectivity index (χ2n) is 5.19. The number of halogens is 1. The first-order valence-corrected chi connectivity index (χ1v) is 8.02. The molecule has 4 nitrogen and oxygen atoms in total. The minimum atomic E-state index is -0.793. The number of nitrogens with zero attached hydrogens (tertiary/aromatic N) is 2. The second kappa shape index (κ2) is 5.66. The quantitative estimate of drug-likeness (QED) is 0.940. The van der Waals surface area contributed by atoms with E-state index in [0.717, 1.165) is 10.7 Å². The highest BCUT2D eigenvalue weighted by Gasteiger charge is 2.43. The summed E-state index contributed by atoms with van der Waals surface area (Å²) in [6.45, 7) is 1.34. The molecule has 1 N–H and O–H groups in total. The predicted octanol–water partition coefficient (Wildman–Crippen LogP) is 3.42. The monoisotopic (exact) mass is 322 g/mol. The molecule has 0 aliphatic carbocycles. The smallest absolute Gasteiger partial charge is 0.314 e. The number of hydrogen-bond acceptors (Lipinski definition) is 4. The number of piperidine rings is 1. The van der Waals surface area contributed by atoms with Crippen LogP contribution in [0.5, 0.6) is 0 Å². The van der Waals surface area contributed by atoms with E-state index in [4.69, 9.17) is 11.6 Å². The summed E-state index contributed by atoms with van der Waals surface area (Å²) in [5.41, 5.74) is 0.0908. The van der Waals surface area contributed by atoms with Gasteiger partial charge < -0.3 is 10.0 Å². The molecule has 0 unspecified atom stereocenters. The van der Waals surface area contributed by atoms with Crippen molar-refractivity contribution in [2.45, 2.75) is 18.3 Å². The number of aromatic nitrogens is 1. The summed E-state index contributed by atoms with van der Waals surface area (Å²) in [5, 5.41) is 12.9. The fourth-order valence-corrected chi connectivity index (χ4v) is 3.86. The fraction of sp³-hybridized carbons (Fsp3) is 0.333. The predicted molar refractivity (Wildman–Crippen MR) is 84.3 cm³/mol. The van der Waals surface area contributed by atoms with Crippen LogP contribution in [0.2, 0.25) is 5.15 Å². The number of aliphatic carboxylic acids is 1. The Balaban J connectivity index is 1.82. The molecule has 6 heteroatoms. The fourth-order valence-electron chi connectivity index (χ4n) is 2.85. The Hall–Kier alpha value is -1.59. The van der Waals surface area contributed by atoms with Gasteiger partial charge in [-0.05, 0) is 18.4 Å². The first-order valence-electron chi connectivity index (χ1n) is 6.77. The van der Waals surface area contributed by atoms with Crippen molar-refractivity contribution >= 4 is 34.0 Å². The highest BCUT2D eigenvalue weighted by atomic mass is 35.5. The van der Waals surface area contributed by atoms with E-state index in [0.29, 0.717) is 31.1 Å². The molecule has 2 aromatic rings. The summed E-state index contributed by atoms with van der Waals surface area (Å²) in [6.07, 6.45) is 1.15. The molecule has 2 heterocycles. The molecule has 1 aromatic heterocycles. The van der Waals surface area contributed by atoms with Gasteiger partial charge in [-0.1, -0.05) is 41.9 Å². The summed E-state index contributed by atoms with van der Waals surface area (Å²) in [4.78, 5) is 18.2. The van der Waals surface area contributed by atoms with E-state index in [1.807, 2.05) is 30.3 Å². The van der Waals surface area contributed by atoms with Crippen LogP contribution in [-0.2, 0) is 10.2 Å². The van der Waals surface area contributed by atoms with Gasteiger partial charge >= 0.3 is 5.97 Å². The van der Waals surface area contributed by atoms with Gasteiger partial charge in [0.1, 0.15) is 5.15 Å². The van der Waals surface area contributed by atoms with Gasteiger partial charge in [0.25, 0.3) is 0 Å². The Morgan fingerprint density at radius 1 is 1.29 bits per heavy atom. The van der Waals surface area contributed by atoms with E-state index in [1.165, 1.54) is 11.3 Å². The van der Waals surface area contributed by atoms with Crippen molar-refractivity contribution < 1.29 is 9.90 Å². The maximum atomic E-state index is 11.9. The zero-order valence-electron chi connectivity index (χ0n) is 11.3. The van der Waals surface area contributed by atoms with Crippen LogP contribution in [0.25, 0.3) is 0 Å². The molecule has 3 rings (SSSR count). The molecule has 0 amide bonds. The second-order valence-corrected chi connectivity index (χ2v) is 6.42. The maximum Gasteiger partial charge on any atom is 0.314 e. The van der Waals surface area contributed by atoms with Crippen LogP contribution in [0.15, 0.2) is 35.7 Å². The lowest BCUT2D eigenvalue weighted by Crippen LogP contribution is -2.47. The summed E-state index contributed by atoms with van der Waals surface area (Å²) >= 11 is 7.36. The van der Waals surface area contributed by atoms with Crippen molar-refractivity contribution in [1.29, 1.82) is 0 Å². The van der Waals surface area contributed by atoms with E-state index >= 15 is 0 Å². The first kappa shape index (κ1) is 14.4. The lowest BCUT2D eigenvalue weighted by atomic mass is 9.73. The molecule has 1 fully saturated rings. The van der Waals surface area contributed by atoms with Crippen molar-refractivity contribution in [1.82, 2.24) is 4.98 Å². The van der Waals surface area contributed by atoms with Crippen molar-refractivity contribution in [3.05, 3.63) is 46.4 Å². The Morgan fingerprint density at radius 3 is 2.48 bits per heavy atom. The molecular formula is C15H15ClN2O2S. The molecule has 1 aliphatic heterocycles. The van der Waals surface area contributed by atoms with Gasteiger partial charge in [0.15, 0.2) is 5.13 Å². The summed E-state index contributed by atoms with van der Waals surface area (Å²) < 4.78 is 0. The van der Waals surface area contributed by atoms with Gasteiger partial charge in [0.05, 0.1) is 5.41 Å². The van der Waals surface area contributed by atoms with E-state index in [1.54, 1.807) is 5.38 Å². The molecular weight excluding hydrogens is 308 g/mol. The van der Waals surface area contributed by atoms with Gasteiger partial charge in [-0.3, -0.25) is 4.79 Å². The van der Waals surface area contributed by atoms with Crippen molar-refractivity contribution in [3.63, 3.8) is 0 Å². The molecule has 0 spiro atoms. The Kier molecular flexibility index (Phi) is 3.87. The molecule has 0 radical (unpaired) electrons. The van der Waals surface area contributed by atoms with Crippen LogP contribution in [0.1, 0.15) is 18.4 Å². The minimum absolute atomic E-state index is 0.494. The average Bonchev–Trinajstić information content (AvgIpc) is 2.94. The number of thiazole rings is 1. The normalized spacial score (nSPS) is 17.7. The Labute approximate surface area is 132 Å². The van der Waals surface area contributed by atoms with E-state index in [-0.39, 0.29) is 0 Å². The van der Waals surface area contributed by atoms with Gasteiger partial charge in [-0.2, -0.15) is 0 Å². The third kappa shape index (κ3) is 2.63. The number of carbonyl (C=O) groups is 1. The molecule has 0 bridgehead atoms. The lowest BCUT2D eigenvalue weighted by molar-refractivity contribution is -0.144. The van der Waals surface area contributed by atoms with Gasteiger partial charge in [0.2, 0.25) is 0 Å². The van der Waals surface area contributed by atoms with E-state index in [2.05, 4.69) is 9.88 Å². The lowest BCUT2D eigenvalue weighted by Gasteiger charge is -2.39. The molecule has 1 aliphatic rings. The van der Waals surface area contributed by atoms with Gasteiger partial charge in [-0.15, -0.1) is 11.3 Å². The molecule has 0 saturated carbocycles. The van der Waals surface area contributed by atoms with E-state index in [9.17, 15) is 9.90 Å². The molecule has 0 atom stereocenters. The third-order valence-corrected chi connectivity index (χ3v) is 5.31.